The number of nitrogens with two attached hydrogens (primary N) is 2. The van der Waals surface area contributed by atoms with Gasteiger partial charge in [0.1, 0.15) is 18.1 Å². The van der Waals surface area contributed by atoms with Gasteiger partial charge in [-0.3, -0.25) is 9.59 Å². The lowest BCUT2D eigenvalue weighted by Crippen LogP contribution is -2.42. The summed E-state index contributed by atoms with van der Waals surface area (Å²) in [6, 6.07) is 10.8. The zero-order valence-electron chi connectivity index (χ0n) is 20.7. The van der Waals surface area contributed by atoms with E-state index in [0.717, 1.165) is 31.2 Å². The number of hydrogen-bond acceptors (Lipinski definition) is 8. The fourth-order valence-electron chi connectivity index (χ4n) is 4.35. The van der Waals surface area contributed by atoms with Gasteiger partial charge in [-0.2, -0.15) is 0 Å². The number of rotatable bonds is 10. The first-order valence-corrected chi connectivity index (χ1v) is 11.9. The number of amides is 2. The van der Waals surface area contributed by atoms with Crippen molar-refractivity contribution in [3.05, 3.63) is 58.9 Å². The third-order valence-electron chi connectivity index (χ3n) is 6.04. The highest BCUT2D eigenvalue weighted by Crippen LogP contribution is 2.25. The van der Waals surface area contributed by atoms with Crippen molar-refractivity contribution < 1.29 is 19.4 Å². The second kappa shape index (κ2) is 12.8. The molecule has 2 atom stereocenters. The van der Waals surface area contributed by atoms with Gasteiger partial charge in [0.2, 0.25) is 5.91 Å². The Kier molecular flexibility index (Phi) is 9.60. The summed E-state index contributed by atoms with van der Waals surface area (Å²) >= 11 is 0. The van der Waals surface area contributed by atoms with E-state index in [0.29, 0.717) is 30.1 Å². The lowest BCUT2D eigenvalue weighted by Gasteiger charge is -2.31. The summed E-state index contributed by atoms with van der Waals surface area (Å²) < 4.78 is 5.22. The number of methoxy groups -OCH3 is 1. The van der Waals surface area contributed by atoms with Gasteiger partial charge in [0, 0.05) is 23.8 Å². The smallest absolute Gasteiger partial charge is 0.270 e. The van der Waals surface area contributed by atoms with Gasteiger partial charge < -0.3 is 26.2 Å². The Balaban J connectivity index is 1.61. The van der Waals surface area contributed by atoms with Gasteiger partial charge in [-0.25, -0.2) is 15.9 Å². The van der Waals surface area contributed by atoms with Crippen molar-refractivity contribution in [1.29, 1.82) is 0 Å². The van der Waals surface area contributed by atoms with Crippen molar-refractivity contribution in [2.45, 2.75) is 45.2 Å². The number of hydrazine groups is 1. The van der Waals surface area contributed by atoms with Gasteiger partial charge in [-0.05, 0) is 61.9 Å². The Hall–Kier alpha value is -3.70. The predicted molar refractivity (Wildman–Crippen MR) is 136 cm³/mol. The Labute approximate surface area is 210 Å². The van der Waals surface area contributed by atoms with E-state index >= 15 is 0 Å². The van der Waals surface area contributed by atoms with E-state index in [4.69, 9.17) is 21.4 Å². The molecule has 1 heterocycles. The number of ether oxygens (including phenoxy) is 1. The standard InChI is InChI=1S/C25H35N7O4/c1-16-9-19(12-22(29-16)25(35)28-13-17-5-4-8-21(11-17)36-2)24(26)31-32(27)14-18-6-3-7-20(10-18)30-23(34)15-33/h4-5,8-9,11-12,18,20,33H,3,6-7,10,13-15,27H2,1-2H3,(H2,26,31)(H,28,35)(H,30,34). The predicted octanol–water partition coefficient (Wildman–Crippen LogP) is 0.792. The van der Waals surface area contributed by atoms with Crippen LogP contribution in [-0.4, -0.2) is 59.2 Å². The normalized spacial score (nSPS) is 17.8. The summed E-state index contributed by atoms with van der Waals surface area (Å²) in [6.07, 6.45) is 3.53. The molecule has 2 aromatic rings. The number of pyridine rings is 1. The summed E-state index contributed by atoms with van der Waals surface area (Å²) in [4.78, 5) is 28.6. The third-order valence-corrected chi connectivity index (χ3v) is 6.04. The maximum absolute atomic E-state index is 12.7. The average Bonchev–Trinajstić information content (AvgIpc) is 2.87. The molecule has 11 heteroatoms. The molecular formula is C25H35N7O4. The van der Waals surface area contributed by atoms with Crippen LogP contribution >= 0.6 is 0 Å². The minimum Gasteiger partial charge on any atom is -0.497 e. The molecule has 0 bridgehead atoms. The van der Waals surface area contributed by atoms with E-state index < -0.39 is 6.61 Å². The van der Waals surface area contributed by atoms with Crippen LogP contribution in [0, 0.1) is 12.8 Å². The molecule has 3 rings (SSSR count). The largest absolute Gasteiger partial charge is 0.497 e. The fourth-order valence-corrected chi connectivity index (χ4v) is 4.35. The minimum atomic E-state index is -0.516. The Morgan fingerprint density at radius 2 is 2.08 bits per heavy atom. The van der Waals surface area contributed by atoms with Crippen molar-refractivity contribution in [3.63, 3.8) is 0 Å². The van der Waals surface area contributed by atoms with E-state index in [9.17, 15) is 9.59 Å². The van der Waals surface area contributed by atoms with E-state index in [-0.39, 0.29) is 35.3 Å². The molecule has 0 saturated heterocycles. The average molecular weight is 498 g/mol. The molecule has 2 amide bonds. The Morgan fingerprint density at radius 3 is 2.83 bits per heavy atom. The summed E-state index contributed by atoms with van der Waals surface area (Å²) in [5.74, 6) is 6.52. The molecular weight excluding hydrogens is 462 g/mol. The number of nitrogens with one attached hydrogen (secondary N) is 2. The van der Waals surface area contributed by atoms with Crippen molar-refractivity contribution in [1.82, 2.24) is 20.7 Å². The zero-order chi connectivity index (χ0) is 26.1. The van der Waals surface area contributed by atoms with Gasteiger partial charge in [-0.15, -0.1) is 5.10 Å². The topological polar surface area (TPSA) is 168 Å². The molecule has 1 aliphatic carbocycles. The van der Waals surface area contributed by atoms with Gasteiger partial charge >= 0.3 is 0 Å². The van der Waals surface area contributed by atoms with Gasteiger partial charge in [0.25, 0.3) is 5.91 Å². The highest BCUT2D eigenvalue weighted by atomic mass is 16.5. The fraction of sp³-hybridized carbons (Fsp3) is 0.440. The molecule has 1 aromatic carbocycles. The molecule has 0 spiro atoms. The van der Waals surface area contributed by atoms with Crippen LogP contribution in [0.5, 0.6) is 5.75 Å². The van der Waals surface area contributed by atoms with Crippen molar-refractivity contribution >= 4 is 17.6 Å². The third kappa shape index (κ3) is 7.92. The minimum absolute atomic E-state index is 0.0130. The van der Waals surface area contributed by atoms with Gasteiger partial charge in [-0.1, -0.05) is 18.6 Å². The monoisotopic (exact) mass is 497 g/mol. The quantitative estimate of drug-likeness (QED) is 0.139. The number of carbonyl (C=O) groups excluding carboxylic acids is 2. The lowest BCUT2D eigenvalue weighted by atomic mass is 9.85. The first-order valence-electron chi connectivity index (χ1n) is 11.9. The van der Waals surface area contributed by atoms with Gasteiger partial charge in [0.05, 0.1) is 13.7 Å². The number of aliphatic hydroxyl groups is 1. The first-order chi connectivity index (χ1) is 17.3. The molecule has 0 aliphatic heterocycles. The highest BCUT2D eigenvalue weighted by Gasteiger charge is 2.24. The van der Waals surface area contributed by atoms with Crippen molar-refractivity contribution in [3.8, 4) is 5.75 Å². The van der Waals surface area contributed by atoms with Crippen LogP contribution in [0.4, 0.5) is 0 Å². The van der Waals surface area contributed by atoms with E-state index in [2.05, 4.69) is 20.7 Å². The van der Waals surface area contributed by atoms with Crippen LogP contribution in [0.2, 0.25) is 0 Å². The molecule has 11 nitrogen and oxygen atoms in total. The summed E-state index contributed by atoms with van der Waals surface area (Å²) in [5.41, 5.74) is 8.51. The van der Waals surface area contributed by atoms with Crippen LogP contribution < -0.4 is 26.9 Å². The highest BCUT2D eigenvalue weighted by molar-refractivity contribution is 6.00. The number of benzene rings is 1. The maximum atomic E-state index is 12.7. The molecule has 36 heavy (non-hydrogen) atoms. The molecule has 2 unspecified atom stereocenters. The Bertz CT molecular complexity index is 1090. The molecule has 0 radical (unpaired) electrons. The van der Waals surface area contributed by atoms with Crippen LogP contribution in [0.25, 0.3) is 0 Å². The van der Waals surface area contributed by atoms with E-state index in [1.807, 2.05) is 24.3 Å². The SMILES string of the molecule is COc1cccc(CNC(=O)c2cc(/C(N)=N/N(N)CC3CCCC(NC(=O)CO)C3)cc(C)n2)c1. The number of hydrazone groups is 1. The summed E-state index contributed by atoms with van der Waals surface area (Å²) in [7, 11) is 1.59. The van der Waals surface area contributed by atoms with Crippen LogP contribution in [0.15, 0.2) is 41.5 Å². The number of hydrogen-bond donors (Lipinski definition) is 5. The van der Waals surface area contributed by atoms with Gasteiger partial charge in [0.15, 0.2) is 5.84 Å². The summed E-state index contributed by atoms with van der Waals surface area (Å²) in [5, 5.41) is 20.2. The molecule has 1 aliphatic rings. The maximum Gasteiger partial charge on any atom is 0.270 e. The molecule has 7 N–H and O–H groups in total. The number of carbonyl (C=O) groups is 2. The molecule has 1 saturated carbocycles. The van der Waals surface area contributed by atoms with E-state index in [1.54, 1.807) is 26.2 Å². The van der Waals surface area contributed by atoms with E-state index in [1.165, 1.54) is 5.12 Å². The molecule has 1 aromatic heterocycles. The molecule has 194 valence electrons. The van der Waals surface area contributed by atoms with Crippen molar-refractivity contribution in [2.75, 3.05) is 20.3 Å². The van der Waals surface area contributed by atoms with Crippen molar-refractivity contribution in [2.24, 2.45) is 22.6 Å². The number of aliphatic hydroxyl groups excluding tert-OH is 1. The van der Waals surface area contributed by atoms with Crippen LogP contribution in [-0.2, 0) is 11.3 Å². The zero-order valence-corrected chi connectivity index (χ0v) is 20.7. The number of aromatic nitrogens is 1. The lowest BCUT2D eigenvalue weighted by molar-refractivity contribution is -0.124. The number of aryl methyl sites for hydroxylation is 1. The van der Waals surface area contributed by atoms with Crippen LogP contribution in [0.1, 0.15) is 53.0 Å². The second-order valence-electron chi connectivity index (χ2n) is 8.98. The van der Waals surface area contributed by atoms with Crippen LogP contribution in [0.3, 0.4) is 0 Å². The first kappa shape index (κ1) is 26.9. The number of nitrogens with zero attached hydrogens (tertiary/aromatic N) is 3. The summed E-state index contributed by atoms with van der Waals surface area (Å²) in [6.45, 7) is 2.04. The second-order valence-corrected chi connectivity index (χ2v) is 8.98. The number of amidine groups is 1. The molecule has 1 fully saturated rings. The Morgan fingerprint density at radius 1 is 1.28 bits per heavy atom.